The summed E-state index contributed by atoms with van der Waals surface area (Å²) in [6.07, 6.45) is 4.03. The van der Waals surface area contributed by atoms with Crippen molar-refractivity contribution < 1.29 is 9.59 Å². The van der Waals surface area contributed by atoms with E-state index in [-0.39, 0.29) is 23.3 Å². The predicted molar refractivity (Wildman–Crippen MR) is 101 cm³/mol. The van der Waals surface area contributed by atoms with Crippen molar-refractivity contribution in [3.8, 4) is 0 Å². The minimum atomic E-state index is -0.346. The van der Waals surface area contributed by atoms with Gasteiger partial charge < -0.3 is 10.2 Å². The van der Waals surface area contributed by atoms with E-state index in [4.69, 9.17) is 11.6 Å². The van der Waals surface area contributed by atoms with Crippen LogP contribution in [0.3, 0.4) is 0 Å². The standard InChI is InChI=1S/C20H26ClN3O2/c1-14(18(25)22-17-6-7-17)23-10-12-24(13-11-23)19(26)20(8-9-20)15-2-4-16(21)5-3-15/h2-5,14,17H,6-13H2,1H3,(H,22,25). The highest BCUT2D eigenvalue weighted by Gasteiger charge is 2.53. The SMILES string of the molecule is CC(C(=O)NC1CC1)N1CCN(C(=O)C2(c3ccc(Cl)cc3)CC2)CC1. The van der Waals surface area contributed by atoms with E-state index in [0.29, 0.717) is 24.2 Å². The third-order valence-corrected chi connectivity index (χ3v) is 6.26. The molecule has 1 heterocycles. The van der Waals surface area contributed by atoms with Gasteiger partial charge in [0.2, 0.25) is 11.8 Å². The Hall–Kier alpha value is -1.59. The Morgan fingerprint density at radius 3 is 2.27 bits per heavy atom. The number of hydrogen-bond acceptors (Lipinski definition) is 3. The smallest absolute Gasteiger partial charge is 0.237 e. The number of carbonyl (C=O) groups is 2. The first-order valence-electron chi connectivity index (χ1n) is 9.59. The van der Waals surface area contributed by atoms with Crippen molar-refractivity contribution in [2.24, 2.45) is 0 Å². The maximum atomic E-state index is 13.1. The molecule has 140 valence electrons. The number of nitrogens with one attached hydrogen (secondary N) is 1. The first kappa shape index (κ1) is 17.8. The summed E-state index contributed by atoms with van der Waals surface area (Å²) in [5, 5.41) is 3.77. The Labute approximate surface area is 159 Å². The van der Waals surface area contributed by atoms with Crippen LogP contribution in [0.5, 0.6) is 0 Å². The van der Waals surface area contributed by atoms with Gasteiger partial charge in [0, 0.05) is 37.2 Å². The monoisotopic (exact) mass is 375 g/mol. The van der Waals surface area contributed by atoms with Crippen LogP contribution in [0.25, 0.3) is 0 Å². The largest absolute Gasteiger partial charge is 0.352 e. The molecule has 5 nitrogen and oxygen atoms in total. The summed E-state index contributed by atoms with van der Waals surface area (Å²) in [7, 11) is 0. The molecular formula is C20H26ClN3O2. The van der Waals surface area contributed by atoms with E-state index >= 15 is 0 Å². The Morgan fingerprint density at radius 1 is 1.12 bits per heavy atom. The number of halogens is 1. The maximum absolute atomic E-state index is 13.1. The van der Waals surface area contributed by atoms with Crippen LogP contribution >= 0.6 is 11.6 Å². The molecule has 0 aromatic heterocycles. The third kappa shape index (κ3) is 3.47. The summed E-state index contributed by atoms with van der Waals surface area (Å²) in [6.45, 7) is 4.85. The molecule has 1 saturated heterocycles. The highest BCUT2D eigenvalue weighted by atomic mass is 35.5. The summed E-state index contributed by atoms with van der Waals surface area (Å²) >= 11 is 5.98. The van der Waals surface area contributed by atoms with Crippen LogP contribution in [0.15, 0.2) is 24.3 Å². The molecule has 1 unspecified atom stereocenters. The second-order valence-corrected chi connectivity index (χ2v) is 8.31. The van der Waals surface area contributed by atoms with Gasteiger partial charge in [-0.3, -0.25) is 14.5 Å². The van der Waals surface area contributed by atoms with Gasteiger partial charge in [0.15, 0.2) is 0 Å². The zero-order chi connectivity index (χ0) is 18.3. The second kappa shape index (κ2) is 6.86. The van der Waals surface area contributed by atoms with Crippen molar-refractivity contribution >= 4 is 23.4 Å². The highest BCUT2D eigenvalue weighted by Crippen LogP contribution is 2.49. The van der Waals surface area contributed by atoms with Crippen LogP contribution in [-0.4, -0.2) is 59.9 Å². The average Bonchev–Trinajstić information content (AvgIpc) is 3.56. The normalized spacial score (nSPS) is 23.4. The number of benzene rings is 1. The fourth-order valence-electron chi connectivity index (χ4n) is 3.85. The number of hydrogen-bond donors (Lipinski definition) is 1. The fraction of sp³-hybridized carbons (Fsp3) is 0.600. The van der Waals surface area contributed by atoms with Crippen molar-refractivity contribution in [3.05, 3.63) is 34.9 Å². The molecule has 1 aliphatic heterocycles. The lowest BCUT2D eigenvalue weighted by Gasteiger charge is -2.39. The van der Waals surface area contributed by atoms with Crippen molar-refractivity contribution in [3.63, 3.8) is 0 Å². The molecular weight excluding hydrogens is 350 g/mol. The fourth-order valence-corrected chi connectivity index (χ4v) is 3.98. The van der Waals surface area contributed by atoms with Crippen LogP contribution < -0.4 is 5.32 Å². The minimum Gasteiger partial charge on any atom is -0.352 e. The Balaban J connectivity index is 1.34. The minimum absolute atomic E-state index is 0.118. The van der Waals surface area contributed by atoms with Crippen LogP contribution in [0.2, 0.25) is 5.02 Å². The molecule has 1 aromatic carbocycles. The lowest BCUT2D eigenvalue weighted by Crippen LogP contribution is -2.56. The summed E-state index contributed by atoms with van der Waals surface area (Å²) in [6, 6.07) is 7.95. The topological polar surface area (TPSA) is 52.7 Å². The van der Waals surface area contributed by atoms with E-state index in [1.165, 1.54) is 0 Å². The Kier molecular flexibility index (Phi) is 4.70. The predicted octanol–water partition coefficient (Wildman–Crippen LogP) is 2.18. The summed E-state index contributed by atoms with van der Waals surface area (Å²) in [4.78, 5) is 29.5. The van der Waals surface area contributed by atoms with Crippen LogP contribution in [0.4, 0.5) is 0 Å². The zero-order valence-corrected chi connectivity index (χ0v) is 16.0. The van der Waals surface area contributed by atoms with Crippen LogP contribution in [0, 0.1) is 0 Å². The molecule has 1 aromatic rings. The first-order valence-corrected chi connectivity index (χ1v) is 9.97. The molecule has 26 heavy (non-hydrogen) atoms. The molecule has 0 spiro atoms. The van der Waals surface area contributed by atoms with Gasteiger partial charge in [-0.15, -0.1) is 0 Å². The molecule has 6 heteroatoms. The van der Waals surface area contributed by atoms with Gasteiger partial charge in [-0.2, -0.15) is 0 Å². The van der Waals surface area contributed by atoms with Crippen LogP contribution in [0.1, 0.15) is 38.2 Å². The van der Waals surface area contributed by atoms with Gasteiger partial charge in [0.1, 0.15) is 0 Å². The molecule has 1 N–H and O–H groups in total. The quantitative estimate of drug-likeness (QED) is 0.858. The van der Waals surface area contributed by atoms with E-state index < -0.39 is 0 Å². The van der Waals surface area contributed by atoms with E-state index in [9.17, 15) is 9.59 Å². The molecule has 0 radical (unpaired) electrons. The van der Waals surface area contributed by atoms with E-state index in [1.807, 2.05) is 36.1 Å². The molecule has 2 saturated carbocycles. The number of carbonyl (C=O) groups excluding carboxylic acids is 2. The lowest BCUT2D eigenvalue weighted by molar-refractivity contribution is -0.136. The molecule has 2 aliphatic carbocycles. The van der Waals surface area contributed by atoms with Crippen molar-refractivity contribution in [1.29, 1.82) is 0 Å². The van der Waals surface area contributed by atoms with Crippen molar-refractivity contribution in [2.75, 3.05) is 26.2 Å². The molecule has 3 fully saturated rings. The zero-order valence-electron chi connectivity index (χ0n) is 15.2. The number of rotatable bonds is 5. The lowest BCUT2D eigenvalue weighted by atomic mass is 9.94. The third-order valence-electron chi connectivity index (χ3n) is 6.01. The molecule has 4 rings (SSSR count). The van der Waals surface area contributed by atoms with Crippen LogP contribution in [-0.2, 0) is 15.0 Å². The molecule has 2 amide bonds. The van der Waals surface area contributed by atoms with E-state index in [1.54, 1.807) is 0 Å². The highest BCUT2D eigenvalue weighted by molar-refractivity contribution is 6.30. The van der Waals surface area contributed by atoms with E-state index in [2.05, 4.69) is 10.2 Å². The number of amides is 2. The van der Waals surface area contributed by atoms with Crippen molar-refractivity contribution in [2.45, 2.75) is 50.1 Å². The second-order valence-electron chi connectivity index (χ2n) is 7.88. The van der Waals surface area contributed by atoms with Crippen molar-refractivity contribution in [1.82, 2.24) is 15.1 Å². The van der Waals surface area contributed by atoms with E-state index in [0.717, 1.165) is 44.3 Å². The summed E-state index contributed by atoms with van der Waals surface area (Å²) < 4.78 is 0. The number of piperazine rings is 1. The molecule has 1 atom stereocenters. The van der Waals surface area contributed by atoms with Gasteiger partial charge in [-0.25, -0.2) is 0 Å². The number of nitrogens with zero attached hydrogens (tertiary/aromatic N) is 2. The average molecular weight is 376 g/mol. The van der Waals surface area contributed by atoms with Gasteiger partial charge >= 0.3 is 0 Å². The van der Waals surface area contributed by atoms with Gasteiger partial charge in [-0.05, 0) is 50.3 Å². The maximum Gasteiger partial charge on any atom is 0.237 e. The summed E-state index contributed by atoms with van der Waals surface area (Å²) in [5.74, 6) is 0.349. The van der Waals surface area contributed by atoms with Gasteiger partial charge in [0.25, 0.3) is 0 Å². The van der Waals surface area contributed by atoms with Gasteiger partial charge in [-0.1, -0.05) is 23.7 Å². The Morgan fingerprint density at radius 2 is 1.73 bits per heavy atom. The molecule has 0 bridgehead atoms. The first-order chi connectivity index (χ1) is 12.5. The Bertz CT molecular complexity index is 690. The summed E-state index contributed by atoms with van der Waals surface area (Å²) in [5.41, 5.74) is 0.730. The molecule has 3 aliphatic rings. The van der Waals surface area contributed by atoms with Gasteiger partial charge in [0.05, 0.1) is 11.5 Å².